The van der Waals surface area contributed by atoms with Gasteiger partial charge in [-0.05, 0) is 66.2 Å². The number of fused-ring (bicyclic) bond motifs is 1. The van der Waals surface area contributed by atoms with Crippen LogP contribution in [0.3, 0.4) is 0 Å². The third-order valence-corrected chi connectivity index (χ3v) is 6.72. The van der Waals surface area contributed by atoms with Gasteiger partial charge in [0.05, 0.1) is 33.4 Å². The van der Waals surface area contributed by atoms with Gasteiger partial charge in [0.2, 0.25) is 0 Å². The first-order chi connectivity index (χ1) is 17.6. The molecule has 1 N–H and O–H groups in total. The zero-order chi connectivity index (χ0) is 25.1. The molecule has 1 fully saturated rings. The van der Waals surface area contributed by atoms with E-state index in [2.05, 4.69) is 25.4 Å². The van der Waals surface area contributed by atoms with Crippen molar-refractivity contribution < 1.29 is 14.2 Å². The monoisotopic (exact) mass is 490 g/mol. The molecule has 1 aliphatic rings. The van der Waals surface area contributed by atoms with E-state index in [1.54, 1.807) is 32.1 Å². The second-order valence-electron chi connectivity index (χ2n) is 8.89. The lowest BCUT2D eigenvalue weighted by molar-refractivity contribution is 0.177. The Morgan fingerprint density at radius 2 is 1.67 bits per heavy atom. The van der Waals surface area contributed by atoms with E-state index in [1.165, 1.54) is 6.42 Å². The Labute approximate surface area is 208 Å². The summed E-state index contributed by atoms with van der Waals surface area (Å²) in [6, 6.07) is 13.0. The van der Waals surface area contributed by atoms with Gasteiger partial charge in [-0.15, -0.1) is 5.10 Å². The van der Waals surface area contributed by atoms with Gasteiger partial charge in [-0.1, -0.05) is 18.6 Å². The van der Waals surface area contributed by atoms with E-state index in [0.717, 1.165) is 42.6 Å². The molecule has 0 bridgehead atoms. The minimum Gasteiger partial charge on any atom is -0.497 e. The molecule has 10 heteroatoms. The topological polar surface area (TPSA) is 107 Å². The van der Waals surface area contributed by atoms with Crippen molar-refractivity contribution in [3.63, 3.8) is 0 Å². The number of tetrazole rings is 1. The molecule has 0 radical (unpaired) electrons. The fraction of sp³-hybridized carbons (Fsp3) is 0.385. The zero-order valence-electron chi connectivity index (χ0n) is 20.7. The van der Waals surface area contributed by atoms with E-state index in [0.29, 0.717) is 34.9 Å². The predicted octanol–water partition coefficient (Wildman–Crippen LogP) is 3.16. The Kier molecular flexibility index (Phi) is 6.86. The van der Waals surface area contributed by atoms with Crippen molar-refractivity contribution in [3.05, 3.63) is 69.8 Å². The van der Waals surface area contributed by atoms with Crippen molar-refractivity contribution in [1.82, 2.24) is 30.1 Å². The van der Waals surface area contributed by atoms with Crippen molar-refractivity contribution in [2.75, 3.05) is 34.4 Å². The molecule has 0 aliphatic carbocycles. The Hall–Kier alpha value is -3.92. The molecule has 188 valence electrons. The molecule has 1 atom stereocenters. The first kappa shape index (κ1) is 23.8. The van der Waals surface area contributed by atoms with Crippen LogP contribution in [0.4, 0.5) is 0 Å². The third-order valence-electron chi connectivity index (χ3n) is 6.72. The normalized spacial score (nSPS) is 15.1. The van der Waals surface area contributed by atoms with Crippen molar-refractivity contribution >= 4 is 10.9 Å². The maximum atomic E-state index is 13.5. The number of likely N-dealkylation sites (tertiary alicyclic amines) is 1. The number of ether oxygens (including phenoxy) is 3. The molecule has 10 nitrogen and oxygen atoms in total. The van der Waals surface area contributed by atoms with Crippen molar-refractivity contribution in [2.24, 2.45) is 0 Å². The summed E-state index contributed by atoms with van der Waals surface area (Å²) >= 11 is 0. The van der Waals surface area contributed by atoms with Crippen LogP contribution >= 0.6 is 0 Å². The first-order valence-corrected chi connectivity index (χ1v) is 12.0. The van der Waals surface area contributed by atoms with Gasteiger partial charge in [-0.25, -0.2) is 4.68 Å². The van der Waals surface area contributed by atoms with Gasteiger partial charge in [-0.2, -0.15) is 0 Å². The van der Waals surface area contributed by atoms with Crippen LogP contribution in [-0.2, 0) is 6.54 Å². The quantitative estimate of drug-likeness (QED) is 0.401. The molecule has 1 aliphatic heterocycles. The zero-order valence-corrected chi connectivity index (χ0v) is 20.7. The first-order valence-electron chi connectivity index (χ1n) is 12.0. The largest absolute Gasteiger partial charge is 0.497 e. The van der Waals surface area contributed by atoms with Gasteiger partial charge in [-0.3, -0.25) is 9.69 Å². The van der Waals surface area contributed by atoms with Gasteiger partial charge in [0.25, 0.3) is 5.56 Å². The average Bonchev–Trinajstić information content (AvgIpc) is 3.37. The molecule has 0 spiro atoms. The molecule has 0 amide bonds. The number of methoxy groups -OCH3 is 3. The smallest absolute Gasteiger partial charge is 0.253 e. The summed E-state index contributed by atoms with van der Waals surface area (Å²) in [5.74, 6) is 2.58. The standard InChI is InChI=1S/C26H30N6O4/c1-34-19-9-7-17(8-10-19)16-32-25(28-29-30-32)24(31-11-5-4-6-12-31)20-13-18-14-22(35-2)23(36-3)15-21(18)27-26(20)33/h7-10,13-15,24H,4-6,11-12,16H2,1-3H3,(H,27,33)/t24-/m0/s1. The predicted molar refractivity (Wildman–Crippen MR) is 135 cm³/mol. The number of rotatable bonds is 8. The van der Waals surface area contributed by atoms with Crippen LogP contribution < -0.4 is 19.8 Å². The molecule has 2 aromatic heterocycles. The molecular formula is C26H30N6O4. The van der Waals surface area contributed by atoms with Crippen molar-refractivity contribution in [3.8, 4) is 17.2 Å². The van der Waals surface area contributed by atoms with Gasteiger partial charge in [0.1, 0.15) is 11.8 Å². The lowest BCUT2D eigenvalue weighted by atomic mass is 10.00. The van der Waals surface area contributed by atoms with Crippen LogP contribution in [0, 0.1) is 0 Å². The fourth-order valence-corrected chi connectivity index (χ4v) is 4.85. The molecule has 0 unspecified atom stereocenters. The lowest BCUT2D eigenvalue weighted by Crippen LogP contribution is -2.38. The summed E-state index contributed by atoms with van der Waals surface area (Å²) in [7, 11) is 4.82. The number of aromatic amines is 1. The Morgan fingerprint density at radius 3 is 2.36 bits per heavy atom. The van der Waals surface area contributed by atoms with Gasteiger partial charge < -0.3 is 19.2 Å². The third kappa shape index (κ3) is 4.64. The summed E-state index contributed by atoms with van der Waals surface area (Å²) < 4.78 is 18.0. The van der Waals surface area contributed by atoms with Crippen LogP contribution in [0.25, 0.3) is 10.9 Å². The Bertz CT molecular complexity index is 1390. The van der Waals surface area contributed by atoms with Crippen molar-refractivity contribution in [1.29, 1.82) is 0 Å². The molecular weight excluding hydrogens is 460 g/mol. The molecule has 4 aromatic rings. The highest BCUT2D eigenvalue weighted by atomic mass is 16.5. The maximum Gasteiger partial charge on any atom is 0.253 e. The minimum absolute atomic E-state index is 0.177. The number of pyridine rings is 1. The Morgan fingerprint density at radius 1 is 0.944 bits per heavy atom. The lowest BCUT2D eigenvalue weighted by Gasteiger charge is -2.33. The molecule has 3 heterocycles. The van der Waals surface area contributed by atoms with Gasteiger partial charge >= 0.3 is 0 Å². The van der Waals surface area contributed by atoms with Crippen LogP contribution in [0.2, 0.25) is 0 Å². The molecule has 2 aromatic carbocycles. The van der Waals surface area contributed by atoms with E-state index in [1.807, 2.05) is 36.4 Å². The summed E-state index contributed by atoms with van der Waals surface area (Å²) in [6.45, 7) is 2.21. The number of nitrogens with zero attached hydrogens (tertiary/aromatic N) is 5. The molecule has 5 rings (SSSR count). The number of piperidine rings is 1. The van der Waals surface area contributed by atoms with Crippen molar-refractivity contribution in [2.45, 2.75) is 31.8 Å². The summed E-state index contributed by atoms with van der Waals surface area (Å²) in [6.07, 6.45) is 3.30. The summed E-state index contributed by atoms with van der Waals surface area (Å²) in [5.41, 5.74) is 2.13. The summed E-state index contributed by atoms with van der Waals surface area (Å²) in [5, 5.41) is 13.5. The second-order valence-corrected chi connectivity index (χ2v) is 8.89. The molecule has 36 heavy (non-hydrogen) atoms. The van der Waals surface area contributed by atoms with Crippen LogP contribution in [0.15, 0.2) is 47.3 Å². The van der Waals surface area contributed by atoms with Gasteiger partial charge in [0.15, 0.2) is 17.3 Å². The summed E-state index contributed by atoms with van der Waals surface area (Å²) in [4.78, 5) is 18.8. The minimum atomic E-state index is -0.389. The van der Waals surface area contributed by atoms with Crippen LogP contribution in [-0.4, -0.2) is 64.5 Å². The van der Waals surface area contributed by atoms with E-state index in [4.69, 9.17) is 14.2 Å². The SMILES string of the molecule is COc1ccc(Cn2nnnc2[C@H](c2cc3cc(OC)c(OC)cc3[nH]c2=O)N2CCCCC2)cc1. The average molecular weight is 491 g/mol. The highest BCUT2D eigenvalue weighted by Gasteiger charge is 2.31. The second kappa shape index (κ2) is 10.4. The highest BCUT2D eigenvalue weighted by Crippen LogP contribution is 2.34. The Balaban J connectivity index is 1.60. The maximum absolute atomic E-state index is 13.5. The number of H-pyrrole nitrogens is 1. The number of aromatic nitrogens is 5. The number of hydrogen-bond acceptors (Lipinski definition) is 8. The number of hydrogen-bond donors (Lipinski definition) is 1. The number of nitrogens with one attached hydrogen (secondary N) is 1. The van der Waals surface area contributed by atoms with E-state index in [9.17, 15) is 4.79 Å². The van der Waals surface area contributed by atoms with E-state index in [-0.39, 0.29) is 11.6 Å². The van der Waals surface area contributed by atoms with Gasteiger partial charge in [0, 0.05) is 17.0 Å². The number of benzene rings is 2. The van der Waals surface area contributed by atoms with E-state index < -0.39 is 0 Å². The highest BCUT2D eigenvalue weighted by molar-refractivity contribution is 5.83. The fourth-order valence-electron chi connectivity index (χ4n) is 4.85. The van der Waals surface area contributed by atoms with E-state index >= 15 is 0 Å². The van der Waals surface area contributed by atoms with Crippen LogP contribution in [0.5, 0.6) is 17.2 Å². The molecule has 0 saturated carbocycles. The van der Waals surface area contributed by atoms with Crippen LogP contribution in [0.1, 0.15) is 42.3 Å². The molecule has 1 saturated heterocycles.